The van der Waals surface area contributed by atoms with Gasteiger partial charge in [-0.05, 0) is 49.3 Å². The molecule has 0 saturated carbocycles. The number of nitrogens with zero attached hydrogens (tertiary/aromatic N) is 2. The Balaban J connectivity index is 2.07. The van der Waals surface area contributed by atoms with E-state index in [9.17, 15) is 9.90 Å². The number of carboxylic acid groups (broad SMARTS) is 1. The van der Waals surface area contributed by atoms with E-state index in [1.807, 2.05) is 0 Å². The van der Waals surface area contributed by atoms with Gasteiger partial charge in [0, 0.05) is 43.2 Å². The van der Waals surface area contributed by atoms with Crippen molar-refractivity contribution in [3.63, 3.8) is 0 Å². The average Bonchev–Trinajstić information content (AvgIpc) is 3.02. The van der Waals surface area contributed by atoms with E-state index < -0.39 is 12.0 Å². The third-order valence-electron chi connectivity index (χ3n) is 4.70. The Bertz CT molecular complexity index is 735. The van der Waals surface area contributed by atoms with Crippen LogP contribution in [0.15, 0.2) is 18.3 Å². The van der Waals surface area contributed by atoms with E-state index in [2.05, 4.69) is 47.1 Å². The summed E-state index contributed by atoms with van der Waals surface area (Å²) in [6, 6.07) is 4.01. The maximum atomic E-state index is 11.4. The second-order valence-electron chi connectivity index (χ2n) is 6.54. The summed E-state index contributed by atoms with van der Waals surface area (Å²) in [7, 11) is 3.84. The second kappa shape index (κ2) is 6.34. The fourth-order valence-corrected chi connectivity index (χ4v) is 3.55. The molecule has 1 atom stereocenters. The van der Waals surface area contributed by atoms with Gasteiger partial charge < -0.3 is 15.0 Å². The molecule has 0 aliphatic carbocycles. The summed E-state index contributed by atoms with van der Waals surface area (Å²) in [5, 5.41) is 13.4. The van der Waals surface area contributed by atoms with E-state index in [0.29, 0.717) is 6.42 Å². The van der Waals surface area contributed by atoms with Gasteiger partial charge in [0.2, 0.25) is 0 Å². The van der Waals surface area contributed by atoms with Gasteiger partial charge in [0.15, 0.2) is 0 Å². The molecule has 5 nitrogen and oxygen atoms in total. The first-order valence-electron chi connectivity index (χ1n) is 8.25. The zero-order chi connectivity index (χ0) is 16.6. The third kappa shape index (κ3) is 2.99. The Morgan fingerprint density at radius 2 is 2.04 bits per heavy atom. The minimum absolute atomic E-state index is 0.508. The van der Waals surface area contributed by atoms with Crippen molar-refractivity contribution < 1.29 is 9.90 Å². The molecule has 1 aliphatic heterocycles. The summed E-state index contributed by atoms with van der Waals surface area (Å²) in [5.41, 5.74) is 5.11. The molecule has 1 aliphatic rings. The number of rotatable bonds is 6. The van der Waals surface area contributed by atoms with Gasteiger partial charge in [-0.3, -0.25) is 9.69 Å². The molecule has 0 saturated heterocycles. The largest absolute Gasteiger partial charge is 0.480 e. The van der Waals surface area contributed by atoms with Crippen molar-refractivity contribution in [2.75, 3.05) is 14.1 Å². The zero-order valence-electron chi connectivity index (χ0n) is 14.1. The van der Waals surface area contributed by atoms with E-state index in [4.69, 9.17) is 0 Å². The van der Waals surface area contributed by atoms with Gasteiger partial charge in [0.25, 0.3) is 0 Å². The van der Waals surface area contributed by atoms with Crippen molar-refractivity contribution in [1.29, 1.82) is 0 Å². The Morgan fingerprint density at radius 3 is 2.65 bits per heavy atom. The number of likely N-dealkylation sites (N-methyl/N-ethyl adjacent to an activating group) is 1. The lowest BCUT2D eigenvalue weighted by molar-refractivity contribution is -0.139. The molecule has 124 valence electrons. The molecule has 5 heteroatoms. The first-order valence-corrected chi connectivity index (χ1v) is 8.25. The minimum Gasteiger partial charge on any atom is -0.480 e. The van der Waals surface area contributed by atoms with Crippen molar-refractivity contribution in [3.05, 3.63) is 35.0 Å². The topological polar surface area (TPSA) is 57.5 Å². The molecule has 2 heterocycles. The van der Waals surface area contributed by atoms with Gasteiger partial charge in [0.05, 0.1) is 0 Å². The first kappa shape index (κ1) is 16.0. The summed E-state index contributed by atoms with van der Waals surface area (Å²) in [6.07, 6.45) is 3.71. The molecule has 1 aromatic heterocycles. The van der Waals surface area contributed by atoms with Crippen LogP contribution in [0, 0.1) is 0 Å². The molecule has 2 N–H and O–H groups in total. The standard InChI is InChI=1S/C18H25N3O2/c1-4-5-21-11-14(7-16(19-2)18(22)23)15-6-12-9-20(3)10-13(12)8-17(15)21/h6,8,11,16,19H,4-5,7,9-10H2,1-3H3,(H,22,23). The Morgan fingerprint density at radius 1 is 1.35 bits per heavy atom. The van der Waals surface area contributed by atoms with Crippen LogP contribution in [0.4, 0.5) is 0 Å². The lowest BCUT2D eigenvalue weighted by atomic mass is 10.0. The molecule has 0 radical (unpaired) electrons. The molecule has 0 bridgehead atoms. The molecule has 1 aromatic carbocycles. The summed E-state index contributed by atoms with van der Waals surface area (Å²) in [6.45, 7) is 5.09. The SMILES string of the molecule is CCCn1cc(CC(NC)C(=O)O)c2cc3c(cc21)CN(C)C3. The molecule has 23 heavy (non-hydrogen) atoms. The molecule has 2 aromatic rings. The minimum atomic E-state index is -0.801. The fraction of sp³-hybridized carbons (Fsp3) is 0.500. The number of fused-ring (bicyclic) bond motifs is 2. The number of hydrogen-bond donors (Lipinski definition) is 2. The maximum Gasteiger partial charge on any atom is 0.321 e. The predicted octanol–water partition coefficient (Wildman–Crippen LogP) is 2.21. The third-order valence-corrected chi connectivity index (χ3v) is 4.70. The average molecular weight is 315 g/mol. The van der Waals surface area contributed by atoms with Crippen molar-refractivity contribution >= 4 is 16.9 Å². The van der Waals surface area contributed by atoms with Crippen LogP contribution < -0.4 is 5.32 Å². The van der Waals surface area contributed by atoms with Gasteiger partial charge in [-0.25, -0.2) is 0 Å². The summed E-state index contributed by atoms with van der Waals surface area (Å²) in [5.74, 6) is -0.801. The highest BCUT2D eigenvalue weighted by Crippen LogP contribution is 2.31. The maximum absolute atomic E-state index is 11.4. The van der Waals surface area contributed by atoms with Gasteiger partial charge in [-0.1, -0.05) is 6.92 Å². The number of hydrogen-bond acceptors (Lipinski definition) is 3. The molecule has 0 spiro atoms. The molecule has 1 unspecified atom stereocenters. The highest BCUT2D eigenvalue weighted by atomic mass is 16.4. The van der Waals surface area contributed by atoms with Crippen molar-refractivity contribution in [2.45, 2.75) is 45.4 Å². The number of benzene rings is 1. The van der Waals surface area contributed by atoms with Gasteiger partial charge >= 0.3 is 5.97 Å². The van der Waals surface area contributed by atoms with E-state index in [1.165, 1.54) is 22.0 Å². The van der Waals surface area contributed by atoms with Gasteiger partial charge in [0.1, 0.15) is 6.04 Å². The molecule has 0 amide bonds. The van der Waals surface area contributed by atoms with Crippen LogP contribution >= 0.6 is 0 Å². The highest BCUT2D eigenvalue weighted by Gasteiger charge is 2.22. The van der Waals surface area contributed by atoms with E-state index >= 15 is 0 Å². The predicted molar refractivity (Wildman–Crippen MR) is 91.6 cm³/mol. The molecule has 3 rings (SSSR count). The zero-order valence-corrected chi connectivity index (χ0v) is 14.1. The van der Waals surface area contributed by atoms with Crippen molar-refractivity contribution in [1.82, 2.24) is 14.8 Å². The van der Waals surface area contributed by atoms with Crippen LogP contribution in [0.1, 0.15) is 30.0 Å². The van der Waals surface area contributed by atoms with Gasteiger partial charge in [-0.15, -0.1) is 0 Å². The van der Waals surface area contributed by atoms with Crippen molar-refractivity contribution in [3.8, 4) is 0 Å². The monoisotopic (exact) mass is 315 g/mol. The summed E-state index contributed by atoms with van der Waals surface area (Å²) >= 11 is 0. The number of aromatic nitrogens is 1. The summed E-state index contributed by atoms with van der Waals surface area (Å²) in [4.78, 5) is 13.7. The second-order valence-corrected chi connectivity index (χ2v) is 6.54. The Hall–Kier alpha value is -1.85. The number of carbonyl (C=O) groups is 1. The Kier molecular flexibility index (Phi) is 4.41. The number of aliphatic carboxylic acids is 1. The van der Waals surface area contributed by atoms with Gasteiger partial charge in [-0.2, -0.15) is 0 Å². The van der Waals surface area contributed by atoms with Crippen LogP contribution in [0.25, 0.3) is 10.9 Å². The van der Waals surface area contributed by atoms with E-state index in [-0.39, 0.29) is 0 Å². The number of aryl methyl sites for hydroxylation is 1. The molecule has 0 fully saturated rings. The summed E-state index contributed by atoms with van der Waals surface area (Å²) < 4.78 is 2.28. The van der Waals surface area contributed by atoms with Crippen LogP contribution in [-0.2, 0) is 30.8 Å². The molecular formula is C18H25N3O2. The van der Waals surface area contributed by atoms with Crippen LogP contribution in [0.3, 0.4) is 0 Å². The lowest BCUT2D eigenvalue weighted by Crippen LogP contribution is -2.35. The highest BCUT2D eigenvalue weighted by molar-refractivity contribution is 5.87. The van der Waals surface area contributed by atoms with Crippen LogP contribution in [-0.4, -0.2) is 40.7 Å². The van der Waals surface area contributed by atoms with Crippen molar-refractivity contribution in [2.24, 2.45) is 0 Å². The van der Waals surface area contributed by atoms with E-state index in [0.717, 1.165) is 31.6 Å². The number of nitrogens with one attached hydrogen (secondary N) is 1. The molecular weight excluding hydrogens is 290 g/mol. The normalized spacial score (nSPS) is 16.0. The van der Waals surface area contributed by atoms with Crippen LogP contribution in [0.2, 0.25) is 0 Å². The smallest absolute Gasteiger partial charge is 0.321 e. The number of carboxylic acids is 1. The quantitative estimate of drug-likeness (QED) is 0.858. The first-order chi connectivity index (χ1) is 11.0. The Labute approximate surface area is 136 Å². The fourth-order valence-electron chi connectivity index (χ4n) is 3.55. The van der Waals surface area contributed by atoms with E-state index in [1.54, 1.807) is 7.05 Å². The lowest BCUT2D eigenvalue weighted by Gasteiger charge is -2.10. The van der Waals surface area contributed by atoms with Crippen LogP contribution in [0.5, 0.6) is 0 Å².